The van der Waals surface area contributed by atoms with Gasteiger partial charge in [-0.3, -0.25) is 4.79 Å². The molecule has 1 N–H and O–H groups in total. The van der Waals surface area contributed by atoms with Gasteiger partial charge < -0.3 is 10.2 Å². The SMILES string of the molecule is CNCCCCN(C)c1c(C)c(=S)c1=O. The molecular formula is C11H18N2OS. The molecule has 0 aromatic heterocycles. The van der Waals surface area contributed by atoms with Crippen molar-refractivity contribution >= 4 is 17.9 Å². The van der Waals surface area contributed by atoms with Crippen LogP contribution in [0.2, 0.25) is 0 Å². The van der Waals surface area contributed by atoms with Crippen molar-refractivity contribution in [2.45, 2.75) is 19.8 Å². The van der Waals surface area contributed by atoms with E-state index in [1.807, 2.05) is 25.9 Å². The zero-order valence-corrected chi connectivity index (χ0v) is 10.4. The first-order valence-electron chi connectivity index (χ1n) is 5.25. The van der Waals surface area contributed by atoms with E-state index in [1.165, 1.54) is 0 Å². The monoisotopic (exact) mass is 226 g/mol. The van der Waals surface area contributed by atoms with Crippen LogP contribution in [0.15, 0.2) is 4.79 Å². The molecule has 0 saturated carbocycles. The zero-order chi connectivity index (χ0) is 11.4. The Bertz CT molecular complexity index is 393. The molecular weight excluding hydrogens is 208 g/mol. The molecule has 0 aliphatic heterocycles. The summed E-state index contributed by atoms with van der Waals surface area (Å²) in [6.07, 6.45) is 2.22. The number of anilines is 1. The van der Waals surface area contributed by atoms with Crippen LogP contribution < -0.4 is 15.6 Å². The van der Waals surface area contributed by atoms with Crippen molar-refractivity contribution in [3.63, 3.8) is 0 Å². The van der Waals surface area contributed by atoms with Gasteiger partial charge in [-0.25, -0.2) is 0 Å². The highest BCUT2D eigenvalue weighted by Crippen LogP contribution is 2.18. The molecule has 0 fully saturated rings. The smallest absolute Gasteiger partial charge is 0.220 e. The second-order valence-corrected chi connectivity index (χ2v) is 4.27. The van der Waals surface area contributed by atoms with Crippen LogP contribution in [-0.4, -0.2) is 27.2 Å². The molecule has 0 unspecified atom stereocenters. The Kier molecular flexibility index (Phi) is 4.42. The number of hydrogen-bond acceptors (Lipinski definition) is 4. The minimum Gasteiger partial charge on any atom is -0.371 e. The van der Waals surface area contributed by atoms with Crippen LogP contribution in [0.5, 0.6) is 0 Å². The second-order valence-electron chi connectivity index (χ2n) is 3.86. The third kappa shape index (κ3) is 2.63. The van der Waals surface area contributed by atoms with Gasteiger partial charge in [0.05, 0.1) is 10.2 Å². The highest BCUT2D eigenvalue weighted by atomic mass is 32.1. The molecule has 0 bridgehead atoms. The molecule has 3 nitrogen and oxygen atoms in total. The largest absolute Gasteiger partial charge is 0.371 e. The summed E-state index contributed by atoms with van der Waals surface area (Å²) in [7, 11) is 3.90. The Morgan fingerprint density at radius 1 is 1.40 bits per heavy atom. The number of nitrogens with one attached hydrogen (secondary N) is 1. The van der Waals surface area contributed by atoms with Gasteiger partial charge in [0.2, 0.25) is 5.43 Å². The highest BCUT2D eigenvalue weighted by Gasteiger charge is 2.16. The van der Waals surface area contributed by atoms with E-state index in [9.17, 15) is 4.79 Å². The van der Waals surface area contributed by atoms with Gasteiger partial charge in [-0.1, -0.05) is 12.2 Å². The summed E-state index contributed by atoms with van der Waals surface area (Å²) in [5, 5.41) is 3.10. The summed E-state index contributed by atoms with van der Waals surface area (Å²) >= 11 is 4.94. The lowest BCUT2D eigenvalue weighted by Gasteiger charge is -2.22. The van der Waals surface area contributed by atoms with Crippen molar-refractivity contribution in [2.24, 2.45) is 0 Å². The first kappa shape index (κ1) is 12.3. The van der Waals surface area contributed by atoms with E-state index in [2.05, 4.69) is 5.32 Å². The maximum absolute atomic E-state index is 11.4. The van der Waals surface area contributed by atoms with Gasteiger partial charge in [0, 0.05) is 13.6 Å². The Morgan fingerprint density at radius 3 is 2.60 bits per heavy atom. The van der Waals surface area contributed by atoms with E-state index >= 15 is 0 Å². The standard InChI is InChI=1S/C11H18N2OS/c1-8-9(10(14)11(8)15)13(3)7-5-4-6-12-2/h12H,4-7H2,1-3H3. The average Bonchev–Trinajstić information content (AvgIpc) is 2.24. The fraction of sp³-hybridized carbons (Fsp3) is 0.636. The van der Waals surface area contributed by atoms with Crippen molar-refractivity contribution in [3.05, 3.63) is 20.3 Å². The van der Waals surface area contributed by atoms with Gasteiger partial charge >= 0.3 is 0 Å². The topological polar surface area (TPSA) is 32.3 Å². The predicted octanol–water partition coefficient (Wildman–Crippen LogP) is 1.40. The summed E-state index contributed by atoms with van der Waals surface area (Å²) in [5.74, 6) is 0. The maximum atomic E-state index is 11.4. The van der Waals surface area contributed by atoms with Gasteiger partial charge in [-0.15, -0.1) is 0 Å². The van der Waals surface area contributed by atoms with Crippen LogP contribution in [0.25, 0.3) is 0 Å². The minimum atomic E-state index is 0.0404. The first-order valence-corrected chi connectivity index (χ1v) is 5.66. The number of rotatable bonds is 6. The van der Waals surface area contributed by atoms with Gasteiger partial charge in [0.1, 0.15) is 0 Å². The quantitative estimate of drug-likeness (QED) is 0.587. The Labute approximate surface area is 95.8 Å². The Balaban J connectivity index is 2.45. The van der Waals surface area contributed by atoms with Crippen LogP contribution in [0.4, 0.5) is 5.69 Å². The Morgan fingerprint density at radius 2 is 2.07 bits per heavy atom. The third-order valence-corrected chi connectivity index (χ3v) is 3.16. The molecule has 84 valence electrons. The van der Waals surface area contributed by atoms with Crippen molar-refractivity contribution < 1.29 is 0 Å². The molecule has 0 saturated heterocycles. The maximum Gasteiger partial charge on any atom is 0.220 e. The molecule has 0 aliphatic carbocycles. The van der Waals surface area contributed by atoms with Gasteiger partial charge in [-0.05, 0) is 38.9 Å². The third-order valence-electron chi connectivity index (χ3n) is 2.67. The van der Waals surface area contributed by atoms with Gasteiger partial charge in [-0.2, -0.15) is 0 Å². The molecule has 1 aromatic carbocycles. The lowest BCUT2D eigenvalue weighted by atomic mass is 10.1. The van der Waals surface area contributed by atoms with Gasteiger partial charge in [0.15, 0.2) is 0 Å². The fourth-order valence-electron chi connectivity index (χ4n) is 1.72. The second kappa shape index (κ2) is 5.37. The van der Waals surface area contributed by atoms with Crippen LogP contribution in [0.1, 0.15) is 18.4 Å². The van der Waals surface area contributed by atoms with Crippen LogP contribution in [0, 0.1) is 11.4 Å². The van der Waals surface area contributed by atoms with E-state index in [1.54, 1.807) is 0 Å². The summed E-state index contributed by atoms with van der Waals surface area (Å²) in [6, 6.07) is 0. The normalized spacial score (nSPS) is 10.9. The van der Waals surface area contributed by atoms with Crippen molar-refractivity contribution in [1.82, 2.24) is 5.32 Å². The average molecular weight is 226 g/mol. The zero-order valence-electron chi connectivity index (χ0n) is 9.59. The van der Waals surface area contributed by atoms with E-state index in [0.717, 1.165) is 37.2 Å². The van der Waals surface area contributed by atoms with Crippen molar-refractivity contribution in [1.29, 1.82) is 0 Å². The summed E-state index contributed by atoms with van der Waals surface area (Å²) < 4.78 is 0.507. The predicted molar refractivity (Wildman–Crippen MR) is 67.1 cm³/mol. The molecule has 1 aromatic rings. The number of nitrogens with zero attached hydrogens (tertiary/aromatic N) is 1. The number of unbranched alkanes of at least 4 members (excludes halogenated alkanes) is 1. The van der Waals surface area contributed by atoms with Crippen molar-refractivity contribution in [3.8, 4) is 0 Å². The van der Waals surface area contributed by atoms with E-state index in [-0.39, 0.29) is 5.43 Å². The van der Waals surface area contributed by atoms with Crippen LogP contribution in [-0.2, 0) is 0 Å². The van der Waals surface area contributed by atoms with Crippen LogP contribution >= 0.6 is 12.2 Å². The van der Waals surface area contributed by atoms with Crippen molar-refractivity contribution in [2.75, 3.05) is 32.1 Å². The minimum absolute atomic E-state index is 0.0404. The molecule has 15 heavy (non-hydrogen) atoms. The first-order chi connectivity index (χ1) is 7.09. The van der Waals surface area contributed by atoms with Crippen LogP contribution in [0.3, 0.4) is 0 Å². The molecule has 0 heterocycles. The lowest BCUT2D eigenvalue weighted by molar-refractivity contribution is 0.669. The summed E-state index contributed by atoms with van der Waals surface area (Å²) in [6.45, 7) is 3.87. The molecule has 0 atom stereocenters. The van der Waals surface area contributed by atoms with E-state index in [4.69, 9.17) is 12.2 Å². The molecule has 1 rings (SSSR count). The number of hydrogen-bond donors (Lipinski definition) is 1. The lowest BCUT2D eigenvalue weighted by Crippen LogP contribution is -2.30. The summed E-state index contributed by atoms with van der Waals surface area (Å²) in [5.41, 5.74) is 1.83. The molecule has 4 heteroatoms. The highest BCUT2D eigenvalue weighted by molar-refractivity contribution is 7.71. The fourth-order valence-corrected chi connectivity index (χ4v) is 1.91. The molecule has 0 radical (unpaired) electrons. The molecule has 0 amide bonds. The van der Waals surface area contributed by atoms with E-state index in [0.29, 0.717) is 4.51 Å². The Hall–Kier alpha value is -0.740. The molecule has 0 spiro atoms. The summed E-state index contributed by atoms with van der Waals surface area (Å²) in [4.78, 5) is 13.5. The molecule has 0 aliphatic rings. The van der Waals surface area contributed by atoms with Gasteiger partial charge in [0.25, 0.3) is 0 Å². The van der Waals surface area contributed by atoms with E-state index < -0.39 is 0 Å².